The molecule has 0 saturated carbocycles. The predicted octanol–water partition coefficient (Wildman–Crippen LogP) is 2.32. The van der Waals surface area contributed by atoms with Gasteiger partial charge in [-0.05, 0) is 36.3 Å². The van der Waals surface area contributed by atoms with Gasteiger partial charge in [-0.1, -0.05) is 6.07 Å². The minimum Gasteiger partial charge on any atom is -0.350 e. The van der Waals surface area contributed by atoms with E-state index in [4.69, 9.17) is 0 Å². The third-order valence-corrected chi connectivity index (χ3v) is 6.12. The first-order chi connectivity index (χ1) is 11.2. The Morgan fingerprint density at radius 1 is 1.39 bits per heavy atom. The van der Waals surface area contributed by atoms with Gasteiger partial charge in [-0.15, -0.1) is 22.7 Å². The van der Waals surface area contributed by atoms with E-state index in [2.05, 4.69) is 10.3 Å². The molecule has 0 saturated heterocycles. The van der Waals surface area contributed by atoms with Gasteiger partial charge in [-0.3, -0.25) is 14.2 Å². The van der Waals surface area contributed by atoms with Gasteiger partial charge >= 0.3 is 0 Å². The summed E-state index contributed by atoms with van der Waals surface area (Å²) in [6.45, 7) is 0.506. The molecule has 1 N–H and O–H groups in total. The molecule has 0 fully saturated rings. The van der Waals surface area contributed by atoms with Crippen molar-refractivity contribution in [3.8, 4) is 0 Å². The zero-order chi connectivity index (χ0) is 15.8. The molecule has 4 rings (SSSR count). The van der Waals surface area contributed by atoms with Crippen molar-refractivity contribution in [3.63, 3.8) is 0 Å². The zero-order valence-corrected chi connectivity index (χ0v) is 14.0. The molecular formula is C16H15N3O2S2. The number of amides is 1. The minimum atomic E-state index is -0.173. The molecule has 0 atom stereocenters. The number of hydrogen-bond donors (Lipinski definition) is 1. The van der Waals surface area contributed by atoms with Crippen molar-refractivity contribution in [1.82, 2.24) is 14.9 Å². The molecule has 3 heterocycles. The number of hydrogen-bond acceptors (Lipinski definition) is 5. The van der Waals surface area contributed by atoms with E-state index in [1.54, 1.807) is 22.7 Å². The smallest absolute Gasteiger partial charge is 0.262 e. The maximum absolute atomic E-state index is 12.7. The van der Waals surface area contributed by atoms with Crippen molar-refractivity contribution in [2.75, 3.05) is 0 Å². The molecule has 0 radical (unpaired) electrons. The molecule has 23 heavy (non-hydrogen) atoms. The van der Waals surface area contributed by atoms with Gasteiger partial charge in [-0.2, -0.15) is 0 Å². The monoisotopic (exact) mass is 345 g/mol. The molecule has 3 aromatic heterocycles. The van der Waals surface area contributed by atoms with Gasteiger partial charge in [-0.25, -0.2) is 4.98 Å². The third kappa shape index (κ3) is 2.70. The summed E-state index contributed by atoms with van der Waals surface area (Å²) >= 11 is 3.21. The second-order valence-electron chi connectivity index (χ2n) is 5.57. The maximum atomic E-state index is 12.7. The molecule has 3 aromatic rings. The summed E-state index contributed by atoms with van der Waals surface area (Å²) in [4.78, 5) is 32.3. The molecule has 1 amide bonds. The minimum absolute atomic E-state index is 0.0117. The average molecular weight is 345 g/mol. The number of carbonyl (C=O) groups is 1. The van der Waals surface area contributed by atoms with Crippen LogP contribution in [0.3, 0.4) is 0 Å². The van der Waals surface area contributed by atoms with E-state index in [1.165, 1.54) is 15.8 Å². The van der Waals surface area contributed by atoms with Crippen molar-refractivity contribution in [3.05, 3.63) is 49.5 Å². The van der Waals surface area contributed by atoms with Crippen molar-refractivity contribution in [1.29, 1.82) is 0 Å². The van der Waals surface area contributed by atoms with Crippen LogP contribution in [0.5, 0.6) is 0 Å². The third-order valence-electron chi connectivity index (χ3n) is 4.05. The van der Waals surface area contributed by atoms with Crippen molar-refractivity contribution >= 4 is 38.8 Å². The quantitative estimate of drug-likeness (QED) is 0.789. The van der Waals surface area contributed by atoms with Gasteiger partial charge in [0.25, 0.3) is 5.56 Å². The van der Waals surface area contributed by atoms with Crippen LogP contribution in [0, 0.1) is 0 Å². The van der Waals surface area contributed by atoms with Crippen LogP contribution in [0.1, 0.15) is 21.7 Å². The van der Waals surface area contributed by atoms with Gasteiger partial charge < -0.3 is 5.32 Å². The molecule has 1 aliphatic rings. The highest BCUT2D eigenvalue weighted by Crippen LogP contribution is 2.34. The SMILES string of the molecule is O=C(Cn1cnc2sc3c(c2c1=O)CCC3)NCc1cccs1. The number of rotatable bonds is 4. The predicted molar refractivity (Wildman–Crippen MR) is 92.1 cm³/mol. The van der Waals surface area contributed by atoms with Crippen molar-refractivity contribution in [2.24, 2.45) is 0 Å². The summed E-state index contributed by atoms with van der Waals surface area (Å²) in [6, 6.07) is 3.92. The Morgan fingerprint density at radius 2 is 2.30 bits per heavy atom. The lowest BCUT2D eigenvalue weighted by Crippen LogP contribution is -2.32. The first-order valence-corrected chi connectivity index (χ1v) is 9.21. The molecule has 5 nitrogen and oxygen atoms in total. The van der Waals surface area contributed by atoms with E-state index in [-0.39, 0.29) is 18.0 Å². The Hall–Kier alpha value is -1.99. The molecule has 0 spiro atoms. The van der Waals surface area contributed by atoms with E-state index in [0.29, 0.717) is 6.54 Å². The summed E-state index contributed by atoms with van der Waals surface area (Å²) in [5, 5.41) is 5.53. The first-order valence-electron chi connectivity index (χ1n) is 7.51. The van der Waals surface area contributed by atoms with Crippen LogP contribution in [0.25, 0.3) is 10.2 Å². The highest BCUT2D eigenvalue weighted by atomic mass is 32.1. The number of aryl methyl sites for hydroxylation is 2. The Balaban J connectivity index is 1.56. The van der Waals surface area contributed by atoms with Crippen LogP contribution < -0.4 is 10.9 Å². The summed E-state index contributed by atoms with van der Waals surface area (Å²) < 4.78 is 1.41. The fraction of sp³-hybridized carbons (Fsp3) is 0.312. The Morgan fingerprint density at radius 3 is 3.13 bits per heavy atom. The van der Waals surface area contributed by atoms with Gasteiger partial charge in [0.15, 0.2) is 0 Å². The Labute approximate surface area is 140 Å². The summed E-state index contributed by atoms with van der Waals surface area (Å²) in [5.74, 6) is -0.173. The molecule has 1 aliphatic carbocycles. The standard InChI is InChI=1S/C16H15N3O2S2/c20-13(17-7-10-3-2-6-22-10)8-19-9-18-15-14(16(19)21)11-4-1-5-12(11)23-15/h2-3,6,9H,1,4-5,7-8H2,(H,17,20). The molecule has 0 bridgehead atoms. The van der Waals surface area contributed by atoms with Crippen molar-refractivity contribution < 1.29 is 4.79 Å². The molecule has 0 aliphatic heterocycles. The van der Waals surface area contributed by atoms with E-state index in [9.17, 15) is 9.59 Å². The van der Waals surface area contributed by atoms with Gasteiger partial charge in [0.2, 0.25) is 5.91 Å². The van der Waals surface area contributed by atoms with Crippen LogP contribution in [-0.4, -0.2) is 15.5 Å². The van der Waals surface area contributed by atoms with Crippen LogP contribution in [0.15, 0.2) is 28.6 Å². The molecule has 0 aromatic carbocycles. The molecule has 7 heteroatoms. The molecule has 118 valence electrons. The lowest BCUT2D eigenvalue weighted by Gasteiger charge is -2.06. The normalized spacial score (nSPS) is 13.4. The van der Waals surface area contributed by atoms with Gasteiger partial charge in [0, 0.05) is 9.75 Å². The Bertz CT molecular complexity index is 925. The lowest BCUT2D eigenvalue weighted by molar-refractivity contribution is -0.121. The number of fused-ring (bicyclic) bond motifs is 3. The van der Waals surface area contributed by atoms with Crippen LogP contribution in [-0.2, 0) is 30.7 Å². The topological polar surface area (TPSA) is 64.0 Å². The summed E-state index contributed by atoms with van der Waals surface area (Å²) in [5.41, 5.74) is 1.05. The summed E-state index contributed by atoms with van der Waals surface area (Å²) in [6.07, 6.45) is 4.58. The fourth-order valence-electron chi connectivity index (χ4n) is 2.94. The number of nitrogens with one attached hydrogen (secondary N) is 1. The number of carbonyl (C=O) groups excluding carboxylic acids is 1. The highest BCUT2D eigenvalue weighted by molar-refractivity contribution is 7.18. The zero-order valence-electron chi connectivity index (χ0n) is 12.4. The van der Waals surface area contributed by atoms with E-state index in [0.717, 1.165) is 39.9 Å². The number of aromatic nitrogens is 2. The second-order valence-corrected chi connectivity index (χ2v) is 7.69. The maximum Gasteiger partial charge on any atom is 0.262 e. The molecule has 0 unspecified atom stereocenters. The largest absolute Gasteiger partial charge is 0.350 e. The van der Waals surface area contributed by atoms with Gasteiger partial charge in [0.05, 0.1) is 18.3 Å². The van der Waals surface area contributed by atoms with Crippen LogP contribution in [0.4, 0.5) is 0 Å². The number of thiophene rings is 2. The number of nitrogens with zero attached hydrogens (tertiary/aromatic N) is 2. The molecular weight excluding hydrogens is 330 g/mol. The van der Waals surface area contributed by atoms with Crippen molar-refractivity contribution in [2.45, 2.75) is 32.4 Å². The lowest BCUT2D eigenvalue weighted by atomic mass is 10.2. The summed E-state index contributed by atoms with van der Waals surface area (Å²) in [7, 11) is 0. The van der Waals surface area contributed by atoms with E-state index < -0.39 is 0 Å². The Kier molecular flexibility index (Phi) is 3.74. The highest BCUT2D eigenvalue weighted by Gasteiger charge is 2.21. The first kappa shape index (κ1) is 14.6. The van der Waals surface area contributed by atoms with Crippen LogP contribution in [0.2, 0.25) is 0 Å². The van der Waals surface area contributed by atoms with Gasteiger partial charge in [0.1, 0.15) is 11.4 Å². The van der Waals surface area contributed by atoms with Crippen LogP contribution >= 0.6 is 22.7 Å². The van der Waals surface area contributed by atoms with E-state index >= 15 is 0 Å². The van der Waals surface area contributed by atoms with E-state index in [1.807, 2.05) is 17.5 Å². The second kappa shape index (κ2) is 5.90. The fourth-order valence-corrected chi connectivity index (χ4v) is 4.81. The average Bonchev–Trinajstić information content (AvgIpc) is 3.23.